The van der Waals surface area contributed by atoms with Crippen molar-refractivity contribution in [1.29, 1.82) is 0 Å². The second-order valence-electron chi connectivity index (χ2n) is 13.2. The zero-order chi connectivity index (χ0) is 31.4. The predicted molar refractivity (Wildman–Crippen MR) is 179 cm³/mol. The maximum atomic E-state index is 13.9. The SMILES string of the molecule is CC.O=C(c1cccc2c1CCCC2)c1nccn1C[C@H](CC[N+]12CCC(c3ccccc3)(CC1)CC2)c1ccc(O)c(O)c1. The summed E-state index contributed by atoms with van der Waals surface area (Å²) in [5.74, 6) is 0.314. The van der Waals surface area contributed by atoms with E-state index in [1.807, 2.05) is 42.8 Å². The van der Waals surface area contributed by atoms with Gasteiger partial charge in [-0.25, -0.2) is 4.98 Å². The number of aryl methyl sites for hydroxylation is 1. The van der Waals surface area contributed by atoms with Crippen molar-refractivity contribution >= 4 is 5.78 Å². The molecule has 6 heteroatoms. The predicted octanol–water partition coefficient (Wildman–Crippen LogP) is 7.56. The number of aromatic hydroxyl groups is 2. The third-order valence-corrected chi connectivity index (χ3v) is 11.0. The number of carbonyl (C=O) groups is 1. The standard InChI is InChI=1S/C37H41N3O3.C2H6/c41-33-14-13-28(25-34(33)42)29(15-21-40-22-16-37(17-23-40,18-24-40)30-9-2-1-3-10-30)26-39-20-19-38-36(39)35(43)32-12-6-8-27-7-4-5-11-31(27)32;1-2/h1-3,6,8-10,12-14,19-20,25,29H,4-5,7,11,15-18,21-24,26H2,(H-,38,41,42,43);1-2H3/p+1/t29-,37?,40?;/m0./s1. The highest BCUT2D eigenvalue weighted by Crippen LogP contribution is 2.46. The van der Waals surface area contributed by atoms with Crippen molar-refractivity contribution in [3.8, 4) is 11.5 Å². The summed E-state index contributed by atoms with van der Waals surface area (Å²) in [6.45, 7) is 9.22. The number of piperidine rings is 3. The third-order valence-electron chi connectivity index (χ3n) is 11.0. The van der Waals surface area contributed by atoms with Crippen LogP contribution in [-0.2, 0) is 24.8 Å². The third kappa shape index (κ3) is 6.17. The van der Waals surface area contributed by atoms with Crippen molar-refractivity contribution in [2.75, 3.05) is 26.2 Å². The average molecular weight is 607 g/mol. The van der Waals surface area contributed by atoms with E-state index in [1.54, 1.807) is 18.3 Å². The summed E-state index contributed by atoms with van der Waals surface area (Å²) in [5, 5.41) is 20.5. The molecule has 4 aromatic rings. The molecule has 4 aliphatic rings. The number of rotatable bonds is 9. The van der Waals surface area contributed by atoms with E-state index in [2.05, 4.69) is 41.4 Å². The molecule has 1 atom stereocenters. The Hall–Kier alpha value is -3.90. The van der Waals surface area contributed by atoms with Gasteiger partial charge < -0.3 is 19.3 Å². The van der Waals surface area contributed by atoms with Crippen LogP contribution in [-0.4, -0.2) is 56.2 Å². The molecule has 6 nitrogen and oxygen atoms in total. The topological polar surface area (TPSA) is 75.4 Å². The van der Waals surface area contributed by atoms with Crippen molar-refractivity contribution in [1.82, 2.24) is 9.55 Å². The smallest absolute Gasteiger partial charge is 0.228 e. The Kier molecular flexibility index (Phi) is 9.14. The van der Waals surface area contributed by atoms with Crippen molar-refractivity contribution in [2.45, 2.75) is 83.1 Å². The first-order valence-corrected chi connectivity index (χ1v) is 17.0. The molecule has 2 N–H and O–H groups in total. The Labute approximate surface area is 268 Å². The molecule has 45 heavy (non-hydrogen) atoms. The number of benzene rings is 3. The molecule has 3 saturated heterocycles. The van der Waals surface area contributed by atoms with Gasteiger partial charge in [0, 0.05) is 61.5 Å². The van der Waals surface area contributed by atoms with E-state index in [0.29, 0.717) is 17.8 Å². The summed E-state index contributed by atoms with van der Waals surface area (Å²) >= 11 is 0. The van der Waals surface area contributed by atoms with Crippen LogP contribution >= 0.6 is 0 Å². The van der Waals surface area contributed by atoms with E-state index in [1.165, 1.54) is 62.0 Å². The maximum Gasteiger partial charge on any atom is 0.228 e. The Morgan fingerprint density at radius 1 is 0.911 bits per heavy atom. The molecule has 236 valence electrons. The lowest BCUT2D eigenvalue weighted by Gasteiger charge is -2.55. The van der Waals surface area contributed by atoms with Crippen molar-refractivity contribution in [3.63, 3.8) is 0 Å². The summed E-state index contributed by atoms with van der Waals surface area (Å²) in [6.07, 6.45) is 12.5. The second-order valence-corrected chi connectivity index (χ2v) is 13.2. The molecule has 1 aromatic heterocycles. The fourth-order valence-electron chi connectivity index (χ4n) is 8.23. The Morgan fingerprint density at radius 3 is 2.38 bits per heavy atom. The molecule has 0 saturated carbocycles. The number of imidazole rings is 1. The lowest BCUT2D eigenvalue weighted by molar-refractivity contribution is -0.943. The van der Waals surface area contributed by atoms with Gasteiger partial charge in [0.1, 0.15) is 0 Å². The first kappa shape index (κ1) is 31.1. The van der Waals surface area contributed by atoms with E-state index >= 15 is 0 Å². The fourth-order valence-corrected chi connectivity index (χ4v) is 8.23. The molecule has 4 heterocycles. The first-order chi connectivity index (χ1) is 22.0. The van der Waals surface area contributed by atoms with Crippen LogP contribution in [0.4, 0.5) is 0 Å². The number of carbonyl (C=O) groups excluding carboxylic acids is 1. The van der Waals surface area contributed by atoms with Gasteiger partial charge in [0.25, 0.3) is 0 Å². The highest BCUT2D eigenvalue weighted by atomic mass is 16.3. The van der Waals surface area contributed by atoms with Gasteiger partial charge in [0.15, 0.2) is 17.3 Å². The minimum absolute atomic E-state index is 0.0118. The monoisotopic (exact) mass is 606 g/mol. The lowest BCUT2D eigenvalue weighted by atomic mass is 9.66. The molecule has 0 amide bonds. The number of hydrogen-bond acceptors (Lipinski definition) is 4. The van der Waals surface area contributed by atoms with Crippen LogP contribution < -0.4 is 0 Å². The number of aromatic nitrogens is 2. The number of fused-ring (bicyclic) bond motifs is 4. The molecule has 3 fully saturated rings. The van der Waals surface area contributed by atoms with Gasteiger partial charge in [0.2, 0.25) is 5.78 Å². The molecule has 2 bridgehead atoms. The number of hydrogen-bond donors (Lipinski definition) is 2. The van der Waals surface area contributed by atoms with E-state index in [-0.39, 0.29) is 23.2 Å². The van der Waals surface area contributed by atoms with Crippen LogP contribution in [0.15, 0.2) is 79.1 Å². The van der Waals surface area contributed by atoms with E-state index in [4.69, 9.17) is 0 Å². The molecular formula is C39H48N3O3+. The first-order valence-electron chi connectivity index (χ1n) is 17.0. The van der Waals surface area contributed by atoms with Crippen molar-refractivity contribution in [3.05, 3.63) is 113 Å². The highest BCUT2D eigenvalue weighted by Gasteiger charge is 2.49. The van der Waals surface area contributed by atoms with Gasteiger partial charge in [-0.3, -0.25) is 4.79 Å². The number of quaternary nitrogens is 1. The van der Waals surface area contributed by atoms with E-state index < -0.39 is 0 Å². The fraction of sp³-hybridized carbons (Fsp3) is 0.436. The Balaban J connectivity index is 0.00000175. The number of phenolic OH excluding ortho intramolecular Hbond substituents is 2. The zero-order valence-electron chi connectivity index (χ0n) is 26.9. The molecule has 0 unspecified atom stereocenters. The number of phenols is 2. The van der Waals surface area contributed by atoms with Crippen LogP contribution in [0.2, 0.25) is 0 Å². The molecule has 1 aliphatic carbocycles. The number of nitrogens with zero attached hydrogens (tertiary/aromatic N) is 3. The minimum Gasteiger partial charge on any atom is -0.504 e. The maximum absolute atomic E-state index is 13.9. The van der Waals surface area contributed by atoms with Gasteiger partial charge in [-0.1, -0.05) is 68.4 Å². The van der Waals surface area contributed by atoms with Gasteiger partial charge >= 0.3 is 0 Å². The summed E-state index contributed by atoms with van der Waals surface area (Å²) < 4.78 is 3.15. The normalized spacial score (nSPS) is 22.6. The van der Waals surface area contributed by atoms with Gasteiger partial charge in [0.05, 0.1) is 26.2 Å². The summed E-state index contributed by atoms with van der Waals surface area (Å²) in [4.78, 5) is 18.5. The van der Waals surface area contributed by atoms with E-state index in [0.717, 1.165) is 47.8 Å². The Bertz CT molecular complexity index is 1600. The highest BCUT2D eigenvalue weighted by molar-refractivity contribution is 6.08. The quantitative estimate of drug-likeness (QED) is 0.117. The molecule has 3 aromatic carbocycles. The van der Waals surface area contributed by atoms with E-state index in [9.17, 15) is 15.0 Å². The van der Waals surface area contributed by atoms with Gasteiger partial charge in [-0.05, 0) is 60.1 Å². The summed E-state index contributed by atoms with van der Waals surface area (Å²) in [7, 11) is 0. The average Bonchev–Trinajstić information content (AvgIpc) is 3.57. The molecular weight excluding hydrogens is 558 g/mol. The second kappa shape index (κ2) is 13.2. The molecule has 0 spiro atoms. The zero-order valence-corrected chi connectivity index (χ0v) is 26.9. The molecule has 8 rings (SSSR count). The minimum atomic E-state index is -0.110. The van der Waals surface area contributed by atoms with Gasteiger partial charge in [-0.2, -0.15) is 0 Å². The van der Waals surface area contributed by atoms with Crippen LogP contribution in [0, 0.1) is 0 Å². The van der Waals surface area contributed by atoms with Crippen LogP contribution in [0.1, 0.15) is 96.7 Å². The van der Waals surface area contributed by atoms with Crippen LogP contribution in [0.25, 0.3) is 0 Å². The van der Waals surface area contributed by atoms with Crippen molar-refractivity contribution < 1.29 is 19.5 Å². The summed E-state index contributed by atoms with van der Waals surface area (Å²) in [5.41, 5.74) is 6.07. The van der Waals surface area contributed by atoms with Gasteiger partial charge in [-0.15, -0.1) is 0 Å². The Morgan fingerprint density at radius 2 is 1.64 bits per heavy atom. The van der Waals surface area contributed by atoms with Crippen LogP contribution in [0.5, 0.6) is 11.5 Å². The van der Waals surface area contributed by atoms with Crippen LogP contribution in [0.3, 0.4) is 0 Å². The summed E-state index contributed by atoms with van der Waals surface area (Å²) in [6, 6.07) is 22.4. The number of ketones is 1. The largest absolute Gasteiger partial charge is 0.504 e. The lowest BCUT2D eigenvalue weighted by Crippen LogP contribution is -2.63. The molecule has 0 radical (unpaired) electrons. The van der Waals surface area contributed by atoms with Crippen molar-refractivity contribution in [2.24, 2.45) is 0 Å². The molecule has 3 aliphatic heterocycles.